The van der Waals surface area contributed by atoms with Gasteiger partial charge in [-0.25, -0.2) is 4.79 Å². The smallest absolute Gasteiger partial charge is 0.314 e. The van der Waals surface area contributed by atoms with Gasteiger partial charge in [-0.2, -0.15) is 0 Å². The molecule has 2 N–H and O–H groups in total. The molecule has 1 saturated carbocycles. The van der Waals surface area contributed by atoms with Gasteiger partial charge in [0.2, 0.25) is 0 Å². The summed E-state index contributed by atoms with van der Waals surface area (Å²) in [5.41, 5.74) is 1.20. The lowest BCUT2D eigenvalue weighted by atomic mass is 9.95. The van der Waals surface area contributed by atoms with Crippen molar-refractivity contribution in [1.82, 2.24) is 10.6 Å². The molecule has 0 bridgehead atoms. The van der Waals surface area contributed by atoms with Crippen molar-refractivity contribution in [3.05, 3.63) is 35.9 Å². The predicted octanol–water partition coefficient (Wildman–Crippen LogP) is 2.72. The minimum atomic E-state index is -0.0483. The van der Waals surface area contributed by atoms with Crippen LogP contribution in [0, 0.1) is 17.8 Å². The summed E-state index contributed by atoms with van der Waals surface area (Å²) in [4.78, 5) is 11.8. The SMILES string of the molecule is CC1CC1CNC(=O)NC[C@H]1CCO[C@@H]1c1ccccc1. The van der Waals surface area contributed by atoms with Gasteiger partial charge < -0.3 is 15.4 Å². The van der Waals surface area contributed by atoms with Crippen LogP contribution in [0.4, 0.5) is 4.79 Å². The molecule has 2 unspecified atom stereocenters. The lowest BCUT2D eigenvalue weighted by Crippen LogP contribution is -2.39. The molecule has 1 heterocycles. The highest BCUT2D eigenvalue weighted by Gasteiger charge is 2.33. The van der Waals surface area contributed by atoms with Crippen LogP contribution in [0.1, 0.15) is 31.4 Å². The van der Waals surface area contributed by atoms with E-state index < -0.39 is 0 Å². The van der Waals surface area contributed by atoms with Crippen LogP contribution in [-0.2, 0) is 4.74 Å². The minimum Gasteiger partial charge on any atom is -0.373 e. The topological polar surface area (TPSA) is 50.4 Å². The number of amides is 2. The van der Waals surface area contributed by atoms with Crippen LogP contribution in [0.15, 0.2) is 30.3 Å². The van der Waals surface area contributed by atoms with E-state index in [1.165, 1.54) is 12.0 Å². The zero-order chi connectivity index (χ0) is 14.7. The number of carbonyl (C=O) groups excluding carboxylic acids is 1. The summed E-state index contributed by atoms with van der Waals surface area (Å²) in [6, 6.07) is 10.2. The minimum absolute atomic E-state index is 0.0483. The number of hydrogen-bond donors (Lipinski definition) is 2. The first-order chi connectivity index (χ1) is 10.2. The molecule has 2 aliphatic rings. The maximum absolute atomic E-state index is 11.8. The molecule has 1 saturated heterocycles. The van der Waals surface area contributed by atoms with Crippen molar-refractivity contribution in [3.8, 4) is 0 Å². The van der Waals surface area contributed by atoms with Crippen LogP contribution in [0.5, 0.6) is 0 Å². The van der Waals surface area contributed by atoms with Crippen molar-refractivity contribution in [3.63, 3.8) is 0 Å². The Bertz CT molecular complexity index is 477. The molecule has 0 radical (unpaired) electrons. The monoisotopic (exact) mass is 288 g/mol. The first kappa shape index (κ1) is 14.4. The van der Waals surface area contributed by atoms with Crippen LogP contribution in [0.25, 0.3) is 0 Å². The van der Waals surface area contributed by atoms with Crippen LogP contribution in [0.2, 0.25) is 0 Å². The molecular weight excluding hydrogens is 264 g/mol. The van der Waals surface area contributed by atoms with E-state index in [4.69, 9.17) is 4.74 Å². The quantitative estimate of drug-likeness (QED) is 0.875. The number of nitrogens with one attached hydrogen (secondary N) is 2. The van der Waals surface area contributed by atoms with Gasteiger partial charge in [0.1, 0.15) is 0 Å². The Labute approximate surface area is 126 Å². The van der Waals surface area contributed by atoms with Crippen LogP contribution >= 0.6 is 0 Å². The normalized spacial score (nSPS) is 30.9. The van der Waals surface area contributed by atoms with Crippen LogP contribution in [0.3, 0.4) is 0 Å². The molecule has 4 heteroatoms. The Morgan fingerprint density at radius 1 is 1.19 bits per heavy atom. The molecule has 0 aromatic heterocycles. The average Bonchev–Trinajstić information content (AvgIpc) is 3.02. The fraction of sp³-hybridized carbons (Fsp3) is 0.588. The zero-order valence-corrected chi connectivity index (χ0v) is 12.5. The first-order valence-corrected chi connectivity index (χ1v) is 7.92. The van der Waals surface area contributed by atoms with E-state index in [1.807, 2.05) is 18.2 Å². The lowest BCUT2D eigenvalue weighted by molar-refractivity contribution is 0.0910. The third kappa shape index (κ3) is 3.76. The van der Waals surface area contributed by atoms with E-state index in [2.05, 4.69) is 29.7 Å². The summed E-state index contributed by atoms with van der Waals surface area (Å²) >= 11 is 0. The Morgan fingerprint density at radius 3 is 2.52 bits per heavy atom. The summed E-state index contributed by atoms with van der Waals surface area (Å²) in [7, 11) is 0. The molecule has 1 aromatic rings. The van der Waals surface area contributed by atoms with Crippen molar-refractivity contribution in [1.29, 1.82) is 0 Å². The molecule has 21 heavy (non-hydrogen) atoms. The summed E-state index contributed by atoms with van der Waals surface area (Å²) < 4.78 is 5.83. The van der Waals surface area contributed by atoms with Crippen molar-refractivity contribution in [2.45, 2.75) is 25.9 Å². The van der Waals surface area contributed by atoms with Gasteiger partial charge >= 0.3 is 6.03 Å². The van der Waals surface area contributed by atoms with Crippen molar-refractivity contribution in [2.24, 2.45) is 17.8 Å². The number of ether oxygens (including phenoxy) is 1. The second-order valence-corrected chi connectivity index (χ2v) is 6.31. The third-order valence-corrected chi connectivity index (χ3v) is 4.67. The second-order valence-electron chi connectivity index (χ2n) is 6.31. The largest absolute Gasteiger partial charge is 0.373 e. The molecule has 3 rings (SSSR count). The van der Waals surface area contributed by atoms with Crippen molar-refractivity contribution in [2.75, 3.05) is 19.7 Å². The molecule has 1 aliphatic carbocycles. The number of urea groups is 1. The third-order valence-electron chi connectivity index (χ3n) is 4.67. The lowest BCUT2D eigenvalue weighted by Gasteiger charge is -2.19. The number of hydrogen-bond acceptors (Lipinski definition) is 2. The number of benzene rings is 1. The van der Waals surface area contributed by atoms with Gasteiger partial charge in [0.25, 0.3) is 0 Å². The van der Waals surface area contributed by atoms with Gasteiger partial charge in [0.05, 0.1) is 6.10 Å². The van der Waals surface area contributed by atoms with E-state index in [-0.39, 0.29) is 12.1 Å². The molecule has 114 valence electrons. The highest BCUT2D eigenvalue weighted by molar-refractivity contribution is 5.73. The van der Waals surface area contributed by atoms with Crippen molar-refractivity contribution < 1.29 is 9.53 Å². The average molecular weight is 288 g/mol. The summed E-state index contributed by atoms with van der Waals surface area (Å²) in [5, 5.41) is 5.95. The van der Waals surface area contributed by atoms with Gasteiger partial charge in [-0.1, -0.05) is 37.3 Å². The predicted molar refractivity (Wildman–Crippen MR) is 81.9 cm³/mol. The van der Waals surface area contributed by atoms with E-state index in [0.717, 1.165) is 25.5 Å². The van der Waals surface area contributed by atoms with Crippen LogP contribution in [-0.4, -0.2) is 25.7 Å². The fourth-order valence-corrected chi connectivity index (χ4v) is 3.05. The van der Waals surface area contributed by atoms with E-state index >= 15 is 0 Å². The highest BCUT2D eigenvalue weighted by atomic mass is 16.5. The van der Waals surface area contributed by atoms with E-state index in [0.29, 0.717) is 18.4 Å². The first-order valence-electron chi connectivity index (χ1n) is 7.92. The number of carbonyl (C=O) groups is 1. The summed E-state index contributed by atoms with van der Waals surface area (Å²) in [5.74, 6) is 1.82. The molecule has 1 aliphatic heterocycles. The molecule has 1 aromatic carbocycles. The van der Waals surface area contributed by atoms with Gasteiger partial charge in [-0.05, 0) is 30.2 Å². The maximum atomic E-state index is 11.8. The maximum Gasteiger partial charge on any atom is 0.314 e. The highest BCUT2D eigenvalue weighted by Crippen LogP contribution is 2.36. The van der Waals surface area contributed by atoms with Crippen molar-refractivity contribution >= 4 is 6.03 Å². The molecule has 4 atom stereocenters. The Balaban J connectivity index is 1.44. The molecular formula is C17H24N2O2. The van der Waals surface area contributed by atoms with E-state index in [9.17, 15) is 4.79 Å². The summed E-state index contributed by atoms with van der Waals surface area (Å²) in [6.45, 7) is 4.47. The van der Waals surface area contributed by atoms with Gasteiger partial charge in [-0.3, -0.25) is 0 Å². The molecule has 2 fully saturated rings. The Hall–Kier alpha value is -1.55. The van der Waals surface area contributed by atoms with Gasteiger partial charge in [0.15, 0.2) is 0 Å². The van der Waals surface area contributed by atoms with E-state index in [1.54, 1.807) is 0 Å². The van der Waals surface area contributed by atoms with Gasteiger partial charge in [0, 0.05) is 25.6 Å². The molecule has 4 nitrogen and oxygen atoms in total. The molecule has 2 amide bonds. The standard InChI is InChI=1S/C17H24N2O2/c1-12-9-15(12)11-19-17(20)18-10-14-7-8-21-16(14)13-5-3-2-4-6-13/h2-6,12,14-16H,7-11H2,1H3,(H2,18,19,20)/t12?,14-,15?,16-/m1/s1. The fourth-order valence-electron chi connectivity index (χ4n) is 3.05. The van der Waals surface area contributed by atoms with Crippen LogP contribution < -0.4 is 10.6 Å². The zero-order valence-electron chi connectivity index (χ0n) is 12.5. The summed E-state index contributed by atoms with van der Waals surface area (Å²) in [6.07, 6.45) is 2.35. The molecule has 0 spiro atoms. The van der Waals surface area contributed by atoms with Gasteiger partial charge in [-0.15, -0.1) is 0 Å². The Morgan fingerprint density at radius 2 is 1.86 bits per heavy atom. The number of rotatable bonds is 5. The Kier molecular flexibility index (Phi) is 4.44. The second kappa shape index (κ2) is 6.48.